The molecule has 0 heterocycles. The van der Waals surface area contributed by atoms with Crippen molar-refractivity contribution in [1.82, 2.24) is 0 Å². The fourth-order valence-electron chi connectivity index (χ4n) is 3.68. The van der Waals surface area contributed by atoms with E-state index in [1.54, 1.807) is 0 Å². The molecule has 2 aromatic rings. The van der Waals surface area contributed by atoms with Gasteiger partial charge in [0.1, 0.15) is 17.1 Å². The molecule has 0 aliphatic heterocycles. The van der Waals surface area contributed by atoms with Crippen LogP contribution >= 0.6 is 0 Å². The van der Waals surface area contributed by atoms with Gasteiger partial charge in [-0.3, -0.25) is 0 Å². The molecule has 0 amide bonds. The molecule has 4 nitrogen and oxygen atoms in total. The Kier molecular flexibility index (Phi) is 13.7. The SMILES string of the molecule is C=C(C(=O)OCCCCCCOc1ccc(-c2ccc(OCCCCCCCC)cc2)cc1)C(F)(F)F. The molecule has 0 atom stereocenters. The van der Waals surface area contributed by atoms with Gasteiger partial charge in [-0.15, -0.1) is 0 Å². The Bertz CT molecular complexity index is 921. The standard InChI is InChI=1S/C30H39F3O4/c1-3-4-5-6-7-10-21-35-27-17-13-25(14-18-27)26-15-19-28(20-16-26)36-22-11-8-9-12-23-37-29(34)24(2)30(31,32)33/h13-20H,2-12,21-23H2,1H3. The van der Waals surface area contributed by atoms with E-state index in [1.807, 2.05) is 36.4 Å². The molecule has 2 rings (SSSR count). The molecule has 0 saturated heterocycles. The molecule has 2 aromatic carbocycles. The Hall–Kier alpha value is -2.96. The second kappa shape index (κ2) is 16.7. The predicted molar refractivity (Wildman–Crippen MR) is 141 cm³/mol. The zero-order valence-corrected chi connectivity index (χ0v) is 21.8. The molecule has 0 radical (unpaired) electrons. The van der Waals surface area contributed by atoms with Crippen molar-refractivity contribution >= 4 is 5.97 Å². The largest absolute Gasteiger partial charge is 0.494 e. The van der Waals surface area contributed by atoms with E-state index in [-0.39, 0.29) is 6.61 Å². The normalized spacial score (nSPS) is 11.2. The smallest absolute Gasteiger partial charge is 0.422 e. The maximum Gasteiger partial charge on any atom is 0.422 e. The summed E-state index contributed by atoms with van der Waals surface area (Å²) in [5.41, 5.74) is 0.729. The number of halogens is 3. The lowest BCUT2D eigenvalue weighted by Gasteiger charge is -2.10. The average molecular weight is 521 g/mol. The Labute approximate surface area is 218 Å². The van der Waals surface area contributed by atoms with Gasteiger partial charge in [0, 0.05) is 0 Å². The fourth-order valence-corrected chi connectivity index (χ4v) is 3.68. The van der Waals surface area contributed by atoms with E-state index in [0.29, 0.717) is 13.0 Å². The van der Waals surface area contributed by atoms with Crippen molar-refractivity contribution in [2.24, 2.45) is 0 Å². The monoisotopic (exact) mass is 520 g/mol. The molecule has 0 unspecified atom stereocenters. The highest BCUT2D eigenvalue weighted by Crippen LogP contribution is 2.26. The van der Waals surface area contributed by atoms with Gasteiger partial charge >= 0.3 is 12.1 Å². The molecule has 0 saturated carbocycles. The van der Waals surface area contributed by atoms with E-state index in [2.05, 4.69) is 30.4 Å². The number of carbonyl (C=O) groups excluding carboxylic acids is 1. The van der Waals surface area contributed by atoms with Crippen LogP contribution in [-0.4, -0.2) is 32.0 Å². The van der Waals surface area contributed by atoms with Gasteiger partial charge in [0.25, 0.3) is 0 Å². The highest BCUT2D eigenvalue weighted by molar-refractivity contribution is 5.89. The van der Waals surface area contributed by atoms with Crippen molar-refractivity contribution in [2.45, 2.75) is 77.3 Å². The zero-order valence-electron chi connectivity index (χ0n) is 21.8. The van der Waals surface area contributed by atoms with Gasteiger partial charge in [0.2, 0.25) is 0 Å². The van der Waals surface area contributed by atoms with E-state index >= 15 is 0 Å². The van der Waals surface area contributed by atoms with Crippen LogP contribution in [0.25, 0.3) is 11.1 Å². The Morgan fingerprint density at radius 3 is 1.51 bits per heavy atom. The first-order chi connectivity index (χ1) is 17.8. The fraction of sp³-hybridized carbons (Fsp3) is 0.500. The number of unbranched alkanes of at least 4 members (excludes halogenated alkanes) is 8. The van der Waals surface area contributed by atoms with Crippen molar-refractivity contribution in [2.75, 3.05) is 19.8 Å². The lowest BCUT2D eigenvalue weighted by molar-refractivity contribution is -0.150. The van der Waals surface area contributed by atoms with E-state index in [4.69, 9.17) is 9.47 Å². The van der Waals surface area contributed by atoms with Crippen molar-refractivity contribution in [3.63, 3.8) is 0 Å². The predicted octanol–water partition coefficient (Wildman–Crippen LogP) is 8.69. The first-order valence-electron chi connectivity index (χ1n) is 13.2. The van der Waals surface area contributed by atoms with E-state index in [0.717, 1.165) is 54.9 Å². The highest BCUT2D eigenvalue weighted by Gasteiger charge is 2.37. The van der Waals surface area contributed by atoms with Gasteiger partial charge in [0.05, 0.1) is 19.8 Å². The van der Waals surface area contributed by atoms with Crippen molar-refractivity contribution in [1.29, 1.82) is 0 Å². The zero-order chi connectivity index (χ0) is 26.9. The van der Waals surface area contributed by atoms with Crippen LogP contribution in [0.1, 0.15) is 71.1 Å². The maximum absolute atomic E-state index is 12.3. The molecule has 0 aromatic heterocycles. The van der Waals surface area contributed by atoms with Crippen LogP contribution < -0.4 is 9.47 Å². The van der Waals surface area contributed by atoms with Gasteiger partial charge in [-0.25, -0.2) is 4.79 Å². The lowest BCUT2D eigenvalue weighted by Crippen LogP contribution is -2.21. The topological polar surface area (TPSA) is 44.8 Å². The average Bonchev–Trinajstić information content (AvgIpc) is 2.89. The molecule has 0 aliphatic rings. The number of carbonyl (C=O) groups is 1. The third kappa shape index (κ3) is 12.2. The minimum absolute atomic E-state index is 0.0531. The number of rotatable bonds is 18. The highest BCUT2D eigenvalue weighted by atomic mass is 19.4. The van der Waals surface area contributed by atoms with E-state index in [9.17, 15) is 18.0 Å². The molecular weight excluding hydrogens is 481 g/mol. The third-order valence-corrected chi connectivity index (χ3v) is 5.94. The first-order valence-corrected chi connectivity index (χ1v) is 13.2. The second-order valence-electron chi connectivity index (χ2n) is 9.04. The lowest BCUT2D eigenvalue weighted by atomic mass is 10.1. The van der Waals surface area contributed by atoms with Gasteiger partial charge in [0.15, 0.2) is 0 Å². The van der Waals surface area contributed by atoms with Crippen LogP contribution in [0.5, 0.6) is 11.5 Å². The second-order valence-corrected chi connectivity index (χ2v) is 9.04. The third-order valence-electron chi connectivity index (χ3n) is 5.94. The van der Waals surface area contributed by atoms with Gasteiger partial charge < -0.3 is 14.2 Å². The molecule has 0 spiro atoms. The summed E-state index contributed by atoms with van der Waals surface area (Å²) in [4.78, 5) is 11.2. The quantitative estimate of drug-likeness (QED) is 0.112. The number of alkyl halides is 3. The van der Waals surface area contributed by atoms with Crippen LogP contribution in [0, 0.1) is 0 Å². The summed E-state index contributed by atoms with van der Waals surface area (Å²) in [5.74, 6) is 0.261. The summed E-state index contributed by atoms with van der Waals surface area (Å²) in [6.45, 7) is 6.18. The summed E-state index contributed by atoms with van der Waals surface area (Å²) in [6, 6.07) is 16.0. The van der Waals surface area contributed by atoms with Crippen molar-refractivity contribution in [3.8, 4) is 22.6 Å². The number of hydrogen-bond acceptors (Lipinski definition) is 4. The molecule has 7 heteroatoms. The summed E-state index contributed by atoms with van der Waals surface area (Å²) < 4.78 is 53.3. The summed E-state index contributed by atoms with van der Waals surface area (Å²) in [6.07, 6.45) is 5.57. The number of ether oxygens (including phenoxy) is 3. The summed E-state index contributed by atoms with van der Waals surface area (Å²) >= 11 is 0. The Balaban J connectivity index is 1.58. The molecular formula is C30H39F3O4. The maximum atomic E-state index is 12.3. The molecule has 0 bridgehead atoms. The summed E-state index contributed by atoms with van der Waals surface area (Å²) in [5, 5.41) is 0. The molecule has 0 aliphatic carbocycles. The Morgan fingerprint density at radius 1 is 0.676 bits per heavy atom. The van der Waals surface area contributed by atoms with Crippen LogP contribution in [0.4, 0.5) is 13.2 Å². The van der Waals surface area contributed by atoms with Crippen molar-refractivity contribution < 1.29 is 32.2 Å². The van der Waals surface area contributed by atoms with Crippen molar-refractivity contribution in [3.05, 3.63) is 60.7 Å². The molecule has 0 fully saturated rings. The van der Waals surface area contributed by atoms with Crippen LogP contribution in [0.3, 0.4) is 0 Å². The van der Waals surface area contributed by atoms with Gasteiger partial charge in [-0.1, -0.05) is 69.9 Å². The van der Waals surface area contributed by atoms with Crippen LogP contribution in [0.15, 0.2) is 60.7 Å². The first kappa shape index (κ1) is 30.3. The number of esters is 1. The Morgan fingerprint density at radius 2 is 1.08 bits per heavy atom. The molecule has 0 N–H and O–H groups in total. The van der Waals surface area contributed by atoms with Gasteiger partial charge in [-0.05, 0) is 67.5 Å². The van der Waals surface area contributed by atoms with Crippen LogP contribution in [-0.2, 0) is 9.53 Å². The molecule has 204 valence electrons. The number of hydrogen-bond donors (Lipinski definition) is 0. The minimum atomic E-state index is -4.75. The number of benzene rings is 2. The summed E-state index contributed by atoms with van der Waals surface area (Å²) in [7, 11) is 0. The van der Waals surface area contributed by atoms with Crippen LogP contribution in [0.2, 0.25) is 0 Å². The van der Waals surface area contributed by atoms with E-state index < -0.39 is 17.7 Å². The van der Waals surface area contributed by atoms with E-state index in [1.165, 1.54) is 32.1 Å². The van der Waals surface area contributed by atoms with Gasteiger partial charge in [-0.2, -0.15) is 13.2 Å². The minimum Gasteiger partial charge on any atom is -0.494 e. The molecule has 37 heavy (non-hydrogen) atoms.